The number of nitrogens with one attached hydrogen (secondary N) is 1. The van der Waals surface area contributed by atoms with E-state index in [-0.39, 0.29) is 5.78 Å². The van der Waals surface area contributed by atoms with Crippen LogP contribution in [-0.2, 0) is 0 Å². The van der Waals surface area contributed by atoms with E-state index in [1.807, 2.05) is 55.5 Å². The topological polar surface area (TPSA) is 38.3 Å². The lowest BCUT2D eigenvalue weighted by Gasteiger charge is -2.08. The summed E-state index contributed by atoms with van der Waals surface area (Å²) in [7, 11) is 1.64. The fourth-order valence-corrected chi connectivity index (χ4v) is 1.82. The van der Waals surface area contributed by atoms with E-state index in [9.17, 15) is 4.79 Å². The third-order valence-electron chi connectivity index (χ3n) is 2.88. The van der Waals surface area contributed by atoms with Crippen LogP contribution >= 0.6 is 0 Å². The molecule has 0 heterocycles. The molecule has 2 rings (SSSR count). The van der Waals surface area contributed by atoms with Crippen LogP contribution in [0.1, 0.15) is 23.7 Å². The molecular weight excluding hydrogens is 238 g/mol. The highest BCUT2D eigenvalue weighted by molar-refractivity contribution is 5.96. The highest BCUT2D eigenvalue weighted by Crippen LogP contribution is 2.21. The second-order valence-corrected chi connectivity index (χ2v) is 4.21. The summed E-state index contributed by atoms with van der Waals surface area (Å²) >= 11 is 0. The Morgan fingerprint density at radius 2 is 1.84 bits per heavy atom. The van der Waals surface area contributed by atoms with Gasteiger partial charge in [-0.05, 0) is 36.4 Å². The van der Waals surface area contributed by atoms with Gasteiger partial charge in [-0.15, -0.1) is 0 Å². The van der Waals surface area contributed by atoms with Gasteiger partial charge in [0.25, 0.3) is 0 Å². The minimum atomic E-state index is 0.151. The predicted molar refractivity (Wildman–Crippen MR) is 77.3 cm³/mol. The number of anilines is 2. The molecule has 0 aromatic heterocycles. The molecule has 2 aromatic rings. The van der Waals surface area contributed by atoms with Gasteiger partial charge in [-0.3, -0.25) is 4.79 Å². The lowest BCUT2D eigenvalue weighted by Crippen LogP contribution is -1.98. The van der Waals surface area contributed by atoms with Crippen LogP contribution in [0.15, 0.2) is 48.5 Å². The molecule has 0 bridgehead atoms. The summed E-state index contributed by atoms with van der Waals surface area (Å²) in [4.78, 5) is 11.7. The molecule has 0 aliphatic heterocycles. The van der Waals surface area contributed by atoms with Gasteiger partial charge >= 0.3 is 0 Å². The monoisotopic (exact) mass is 255 g/mol. The minimum Gasteiger partial charge on any atom is -0.497 e. The van der Waals surface area contributed by atoms with Crippen LogP contribution in [0.3, 0.4) is 0 Å². The van der Waals surface area contributed by atoms with Gasteiger partial charge in [0.2, 0.25) is 0 Å². The highest BCUT2D eigenvalue weighted by Gasteiger charge is 2.03. The van der Waals surface area contributed by atoms with Crippen molar-refractivity contribution in [3.8, 4) is 5.75 Å². The molecule has 2 aromatic carbocycles. The van der Waals surface area contributed by atoms with Crippen molar-refractivity contribution in [1.29, 1.82) is 0 Å². The number of hydrogen-bond donors (Lipinski definition) is 1. The van der Waals surface area contributed by atoms with Gasteiger partial charge in [-0.2, -0.15) is 0 Å². The Bertz CT molecular complexity index is 561. The summed E-state index contributed by atoms with van der Waals surface area (Å²) in [6, 6.07) is 15.2. The number of ether oxygens (including phenoxy) is 1. The van der Waals surface area contributed by atoms with Gasteiger partial charge in [-0.25, -0.2) is 0 Å². The summed E-state index contributed by atoms with van der Waals surface area (Å²) in [5.74, 6) is 0.971. The van der Waals surface area contributed by atoms with Crippen molar-refractivity contribution in [2.45, 2.75) is 13.3 Å². The van der Waals surface area contributed by atoms with E-state index in [0.717, 1.165) is 22.7 Å². The van der Waals surface area contributed by atoms with E-state index in [1.165, 1.54) is 0 Å². The fraction of sp³-hybridized carbons (Fsp3) is 0.188. The Morgan fingerprint density at radius 1 is 1.11 bits per heavy atom. The van der Waals surface area contributed by atoms with E-state index >= 15 is 0 Å². The van der Waals surface area contributed by atoms with Crippen LogP contribution in [0.4, 0.5) is 11.4 Å². The third kappa shape index (κ3) is 3.35. The zero-order valence-corrected chi connectivity index (χ0v) is 11.1. The molecule has 0 saturated heterocycles. The summed E-state index contributed by atoms with van der Waals surface area (Å²) in [5.41, 5.74) is 2.60. The van der Waals surface area contributed by atoms with Crippen molar-refractivity contribution in [3.05, 3.63) is 54.1 Å². The number of Topliss-reactive ketones (excluding diaryl/α,β-unsaturated/α-hetero) is 1. The number of ketones is 1. The smallest absolute Gasteiger partial charge is 0.162 e. The van der Waals surface area contributed by atoms with Crippen molar-refractivity contribution >= 4 is 17.2 Å². The van der Waals surface area contributed by atoms with E-state index in [4.69, 9.17) is 4.74 Å². The number of rotatable bonds is 5. The van der Waals surface area contributed by atoms with Gasteiger partial charge in [0.1, 0.15) is 5.75 Å². The maximum atomic E-state index is 11.7. The lowest BCUT2D eigenvalue weighted by molar-refractivity contribution is 0.0988. The molecule has 0 aliphatic rings. The van der Waals surface area contributed by atoms with Crippen LogP contribution in [0.5, 0.6) is 5.75 Å². The molecule has 0 atom stereocenters. The molecule has 3 heteroatoms. The fourth-order valence-electron chi connectivity index (χ4n) is 1.82. The molecular formula is C16H17NO2. The van der Waals surface area contributed by atoms with Gasteiger partial charge in [0.15, 0.2) is 5.78 Å². The van der Waals surface area contributed by atoms with Gasteiger partial charge < -0.3 is 10.1 Å². The average Bonchev–Trinajstić information content (AvgIpc) is 2.47. The quantitative estimate of drug-likeness (QED) is 0.820. The van der Waals surface area contributed by atoms with E-state index in [2.05, 4.69) is 5.32 Å². The molecule has 0 aliphatic carbocycles. The van der Waals surface area contributed by atoms with Crippen LogP contribution < -0.4 is 10.1 Å². The van der Waals surface area contributed by atoms with E-state index in [1.54, 1.807) is 7.11 Å². The third-order valence-corrected chi connectivity index (χ3v) is 2.88. The molecule has 19 heavy (non-hydrogen) atoms. The standard InChI is InChI=1S/C16H17NO2/c1-3-16(18)12-5-4-6-14(11-12)17-13-7-9-15(19-2)10-8-13/h4-11,17H,3H2,1-2H3. The zero-order chi connectivity index (χ0) is 13.7. The Kier molecular flexibility index (Phi) is 4.18. The molecule has 0 saturated carbocycles. The van der Waals surface area contributed by atoms with E-state index in [0.29, 0.717) is 6.42 Å². The molecule has 0 spiro atoms. The highest BCUT2D eigenvalue weighted by atomic mass is 16.5. The maximum Gasteiger partial charge on any atom is 0.162 e. The maximum absolute atomic E-state index is 11.7. The molecule has 0 unspecified atom stereocenters. The van der Waals surface area contributed by atoms with Crippen LogP contribution in [0.2, 0.25) is 0 Å². The van der Waals surface area contributed by atoms with Crippen molar-refractivity contribution in [1.82, 2.24) is 0 Å². The first-order chi connectivity index (χ1) is 9.22. The summed E-state index contributed by atoms with van der Waals surface area (Å²) in [6.07, 6.45) is 0.520. The average molecular weight is 255 g/mol. The number of benzene rings is 2. The number of carbonyl (C=O) groups is 1. The van der Waals surface area contributed by atoms with Crippen molar-refractivity contribution in [3.63, 3.8) is 0 Å². The van der Waals surface area contributed by atoms with Crippen LogP contribution in [-0.4, -0.2) is 12.9 Å². The Morgan fingerprint density at radius 3 is 2.47 bits per heavy atom. The molecule has 1 N–H and O–H groups in total. The molecule has 98 valence electrons. The first kappa shape index (κ1) is 13.1. The van der Waals surface area contributed by atoms with E-state index < -0.39 is 0 Å². The molecule has 3 nitrogen and oxygen atoms in total. The van der Waals surface area contributed by atoms with Gasteiger partial charge in [-0.1, -0.05) is 19.1 Å². The SMILES string of the molecule is CCC(=O)c1cccc(Nc2ccc(OC)cc2)c1. The van der Waals surface area contributed by atoms with Crippen LogP contribution in [0, 0.1) is 0 Å². The number of hydrogen-bond acceptors (Lipinski definition) is 3. The first-order valence-corrected chi connectivity index (χ1v) is 6.27. The lowest BCUT2D eigenvalue weighted by atomic mass is 10.1. The van der Waals surface area contributed by atoms with Gasteiger partial charge in [0, 0.05) is 23.4 Å². The summed E-state index contributed by atoms with van der Waals surface area (Å²) < 4.78 is 5.11. The van der Waals surface area contributed by atoms with Crippen molar-refractivity contribution < 1.29 is 9.53 Å². The molecule has 0 amide bonds. The Balaban J connectivity index is 2.16. The van der Waals surface area contributed by atoms with Crippen molar-refractivity contribution in [2.75, 3.05) is 12.4 Å². The normalized spacial score (nSPS) is 10.0. The molecule has 0 radical (unpaired) electrons. The molecule has 0 fully saturated rings. The summed E-state index contributed by atoms with van der Waals surface area (Å²) in [5, 5.41) is 3.27. The largest absolute Gasteiger partial charge is 0.497 e. The number of carbonyl (C=O) groups excluding carboxylic acids is 1. The van der Waals surface area contributed by atoms with Crippen LogP contribution in [0.25, 0.3) is 0 Å². The summed E-state index contributed by atoms with van der Waals surface area (Å²) in [6.45, 7) is 1.87. The Hall–Kier alpha value is -2.29. The zero-order valence-electron chi connectivity index (χ0n) is 11.1. The predicted octanol–water partition coefficient (Wildman–Crippen LogP) is 4.03. The Labute approximate surface area is 113 Å². The first-order valence-electron chi connectivity index (χ1n) is 6.27. The second-order valence-electron chi connectivity index (χ2n) is 4.21. The number of methoxy groups -OCH3 is 1. The van der Waals surface area contributed by atoms with Gasteiger partial charge in [0.05, 0.1) is 7.11 Å². The minimum absolute atomic E-state index is 0.151. The van der Waals surface area contributed by atoms with Crippen molar-refractivity contribution in [2.24, 2.45) is 0 Å². The second kappa shape index (κ2) is 6.05.